The van der Waals surface area contributed by atoms with E-state index in [0.29, 0.717) is 6.61 Å². The van der Waals surface area contributed by atoms with E-state index in [4.69, 9.17) is 4.74 Å². The quantitative estimate of drug-likeness (QED) is 0.909. The highest BCUT2D eigenvalue weighted by Gasteiger charge is 2.28. The SMILES string of the molecule is CC(NC1CCOc2ccc(Br)cc21)C(=O)N1CCCC1. The van der Waals surface area contributed by atoms with Crippen LogP contribution in [-0.2, 0) is 4.79 Å². The summed E-state index contributed by atoms with van der Waals surface area (Å²) in [5.74, 6) is 1.14. The summed E-state index contributed by atoms with van der Waals surface area (Å²) in [4.78, 5) is 14.4. The molecule has 114 valence electrons. The Hall–Kier alpha value is -1.07. The van der Waals surface area contributed by atoms with Gasteiger partial charge in [0.15, 0.2) is 0 Å². The summed E-state index contributed by atoms with van der Waals surface area (Å²) in [7, 11) is 0. The Morgan fingerprint density at radius 1 is 1.43 bits per heavy atom. The summed E-state index contributed by atoms with van der Waals surface area (Å²) in [5, 5.41) is 3.49. The van der Waals surface area contributed by atoms with Gasteiger partial charge in [0, 0.05) is 35.6 Å². The molecule has 0 radical (unpaired) electrons. The van der Waals surface area contributed by atoms with Crippen molar-refractivity contribution in [2.45, 2.75) is 38.3 Å². The minimum Gasteiger partial charge on any atom is -0.493 e. The third kappa shape index (κ3) is 3.24. The Bertz CT molecular complexity index is 529. The van der Waals surface area contributed by atoms with Crippen molar-refractivity contribution in [2.24, 2.45) is 0 Å². The Balaban J connectivity index is 1.71. The number of benzene rings is 1. The maximum atomic E-state index is 12.4. The summed E-state index contributed by atoms with van der Waals surface area (Å²) in [6.45, 7) is 4.46. The van der Waals surface area contributed by atoms with Crippen molar-refractivity contribution < 1.29 is 9.53 Å². The molecule has 2 atom stereocenters. The molecule has 0 bridgehead atoms. The second kappa shape index (κ2) is 6.36. The lowest BCUT2D eigenvalue weighted by atomic mass is 9.99. The number of rotatable bonds is 3. The van der Waals surface area contributed by atoms with Gasteiger partial charge in [-0.2, -0.15) is 0 Å². The molecule has 4 nitrogen and oxygen atoms in total. The number of halogens is 1. The predicted octanol–water partition coefficient (Wildman–Crippen LogP) is 2.87. The molecule has 1 aromatic rings. The van der Waals surface area contributed by atoms with Crippen molar-refractivity contribution in [3.8, 4) is 5.75 Å². The van der Waals surface area contributed by atoms with Crippen molar-refractivity contribution in [3.05, 3.63) is 28.2 Å². The standard InChI is InChI=1S/C16H21BrN2O2/c1-11(16(20)19-7-2-3-8-19)18-14-6-9-21-15-5-4-12(17)10-13(14)15/h4-5,10-11,14,18H,2-3,6-9H2,1H3. The van der Waals surface area contributed by atoms with Gasteiger partial charge in [0.1, 0.15) is 5.75 Å². The molecule has 1 fully saturated rings. The van der Waals surface area contributed by atoms with Crippen LogP contribution in [0.15, 0.2) is 22.7 Å². The van der Waals surface area contributed by atoms with Gasteiger partial charge in [-0.05, 0) is 38.0 Å². The molecule has 2 aliphatic rings. The van der Waals surface area contributed by atoms with Gasteiger partial charge in [0.25, 0.3) is 0 Å². The van der Waals surface area contributed by atoms with Crippen molar-refractivity contribution in [1.82, 2.24) is 10.2 Å². The van der Waals surface area contributed by atoms with Crippen LogP contribution in [0.5, 0.6) is 5.75 Å². The number of hydrogen-bond acceptors (Lipinski definition) is 3. The first-order valence-corrected chi connectivity index (χ1v) is 8.41. The van der Waals surface area contributed by atoms with Gasteiger partial charge in [0.2, 0.25) is 5.91 Å². The molecule has 1 N–H and O–H groups in total. The lowest BCUT2D eigenvalue weighted by molar-refractivity contribution is -0.132. The topological polar surface area (TPSA) is 41.6 Å². The van der Waals surface area contributed by atoms with Gasteiger partial charge in [0.05, 0.1) is 12.6 Å². The van der Waals surface area contributed by atoms with Crippen LogP contribution in [0.4, 0.5) is 0 Å². The molecule has 0 aliphatic carbocycles. The van der Waals surface area contributed by atoms with Gasteiger partial charge in [-0.1, -0.05) is 15.9 Å². The minimum atomic E-state index is -0.155. The molecule has 0 saturated carbocycles. The number of amides is 1. The first kappa shape index (κ1) is 14.9. The summed E-state index contributed by atoms with van der Waals surface area (Å²) in [6.07, 6.45) is 3.15. The molecule has 2 unspecified atom stereocenters. The monoisotopic (exact) mass is 352 g/mol. The lowest BCUT2D eigenvalue weighted by Crippen LogP contribution is -2.45. The fourth-order valence-corrected chi connectivity index (χ4v) is 3.50. The van der Waals surface area contributed by atoms with Crippen LogP contribution in [0.2, 0.25) is 0 Å². The van der Waals surface area contributed by atoms with Gasteiger partial charge in [-0.15, -0.1) is 0 Å². The highest BCUT2D eigenvalue weighted by Crippen LogP contribution is 2.34. The molecule has 2 heterocycles. The summed E-state index contributed by atoms with van der Waals surface area (Å²) < 4.78 is 6.73. The first-order valence-electron chi connectivity index (χ1n) is 7.62. The fourth-order valence-electron chi connectivity index (χ4n) is 3.12. The fraction of sp³-hybridized carbons (Fsp3) is 0.562. The number of nitrogens with one attached hydrogen (secondary N) is 1. The molecule has 2 aliphatic heterocycles. The van der Waals surface area contributed by atoms with E-state index in [1.165, 1.54) is 0 Å². The van der Waals surface area contributed by atoms with Crippen LogP contribution < -0.4 is 10.1 Å². The van der Waals surface area contributed by atoms with Crippen LogP contribution in [0.1, 0.15) is 37.8 Å². The predicted molar refractivity (Wildman–Crippen MR) is 85.4 cm³/mol. The lowest BCUT2D eigenvalue weighted by Gasteiger charge is -2.30. The van der Waals surface area contributed by atoms with E-state index >= 15 is 0 Å². The Morgan fingerprint density at radius 3 is 2.95 bits per heavy atom. The van der Waals surface area contributed by atoms with Gasteiger partial charge < -0.3 is 9.64 Å². The molecular weight excluding hydrogens is 332 g/mol. The average Bonchev–Trinajstić information content (AvgIpc) is 3.01. The van der Waals surface area contributed by atoms with Gasteiger partial charge in [-0.25, -0.2) is 0 Å². The third-order valence-electron chi connectivity index (χ3n) is 4.25. The van der Waals surface area contributed by atoms with E-state index in [-0.39, 0.29) is 18.0 Å². The Morgan fingerprint density at radius 2 is 2.19 bits per heavy atom. The van der Waals surface area contributed by atoms with E-state index < -0.39 is 0 Å². The van der Waals surface area contributed by atoms with Crippen molar-refractivity contribution in [3.63, 3.8) is 0 Å². The molecule has 5 heteroatoms. The number of hydrogen-bond donors (Lipinski definition) is 1. The number of carbonyl (C=O) groups is 1. The number of fused-ring (bicyclic) bond motifs is 1. The summed E-state index contributed by atoms with van der Waals surface area (Å²) in [6, 6.07) is 6.07. The first-order chi connectivity index (χ1) is 10.1. The molecule has 1 aromatic carbocycles. The Labute approximate surface area is 134 Å². The number of nitrogens with zero attached hydrogens (tertiary/aromatic N) is 1. The van der Waals surface area contributed by atoms with Crippen molar-refractivity contribution >= 4 is 21.8 Å². The largest absolute Gasteiger partial charge is 0.493 e. The molecule has 1 saturated heterocycles. The van der Waals surface area contributed by atoms with Gasteiger partial charge in [-0.3, -0.25) is 10.1 Å². The van der Waals surface area contributed by atoms with Crippen molar-refractivity contribution in [2.75, 3.05) is 19.7 Å². The van der Waals surface area contributed by atoms with E-state index in [9.17, 15) is 4.79 Å². The number of likely N-dealkylation sites (tertiary alicyclic amines) is 1. The van der Waals surface area contributed by atoms with E-state index in [1.54, 1.807) is 0 Å². The maximum absolute atomic E-state index is 12.4. The third-order valence-corrected chi connectivity index (χ3v) is 4.74. The van der Waals surface area contributed by atoms with E-state index in [1.807, 2.05) is 24.0 Å². The Kier molecular flexibility index (Phi) is 4.50. The molecule has 0 spiro atoms. The zero-order valence-corrected chi connectivity index (χ0v) is 13.9. The zero-order chi connectivity index (χ0) is 14.8. The second-order valence-electron chi connectivity index (χ2n) is 5.79. The molecule has 21 heavy (non-hydrogen) atoms. The van der Waals surface area contributed by atoms with E-state index in [2.05, 4.69) is 27.3 Å². The highest BCUT2D eigenvalue weighted by molar-refractivity contribution is 9.10. The molecule has 0 aromatic heterocycles. The normalized spacial score (nSPS) is 22.6. The highest BCUT2D eigenvalue weighted by atomic mass is 79.9. The van der Waals surface area contributed by atoms with Gasteiger partial charge >= 0.3 is 0 Å². The molecular formula is C16H21BrN2O2. The smallest absolute Gasteiger partial charge is 0.239 e. The number of ether oxygens (including phenoxy) is 1. The average molecular weight is 353 g/mol. The number of carbonyl (C=O) groups excluding carboxylic acids is 1. The second-order valence-corrected chi connectivity index (χ2v) is 6.71. The molecule has 3 rings (SSSR count). The summed E-state index contributed by atoms with van der Waals surface area (Å²) >= 11 is 3.51. The minimum absolute atomic E-state index is 0.155. The van der Waals surface area contributed by atoms with Crippen molar-refractivity contribution in [1.29, 1.82) is 0 Å². The van der Waals surface area contributed by atoms with Crippen LogP contribution >= 0.6 is 15.9 Å². The van der Waals surface area contributed by atoms with Crippen LogP contribution in [0.25, 0.3) is 0 Å². The maximum Gasteiger partial charge on any atom is 0.239 e. The van der Waals surface area contributed by atoms with E-state index in [0.717, 1.165) is 48.1 Å². The van der Waals surface area contributed by atoms with Crippen LogP contribution in [0, 0.1) is 0 Å². The summed E-state index contributed by atoms with van der Waals surface area (Å²) in [5.41, 5.74) is 1.14. The molecule has 1 amide bonds. The van der Waals surface area contributed by atoms with Crippen LogP contribution in [0.3, 0.4) is 0 Å². The zero-order valence-electron chi connectivity index (χ0n) is 12.3. The van der Waals surface area contributed by atoms with Crippen LogP contribution in [-0.4, -0.2) is 36.5 Å².